The van der Waals surface area contributed by atoms with E-state index in [1.807, 2.05) is 24.6 Å². The van der Waals surface area contributed by atoms with Gasteiger partial charge in [-0.05, 0) is 66.8 Å². The Labute approximate surface area is 141 Å². The fourth-order valence-electron chi connectivity index (χ4n) is 2.91. The molecular formula is C18H22N4S. The minimum atomic E-state index is 0.464. The molecule has 1 aliphatic rings. The van der Waals surface area contributed by atoms with Crippen LogP contribution in [-0.4, -0.2) is 17.2 Å². The van der Waals surface area contributed by atoms with E-state index in [0.29, 0.717) is 12.5 Å². The molecule has 1 aromatic heterocycles. The third kappa shape index (κ3) is 4.05. The Morgan fingerprint density at radius 1 is 1.30 bits per heavy atom. The lowest BCUT2D eigenvalue weighted by Gasteiger charge is -2.19. The van der Waals surface area contributed by atoms with Gasteiger partial charge in [-0.2, -0.15) is 0 Å². The van der Waals surface area contributed by atoms with Gasteiger partial charge in [0.1, 0.15) is 0 Å². The highest BCUT2D eigenvalue weighted by molar-refractivity contribution is 7.98. The van der Waals surface area contributed by atoms with Crippen molar-refractivity contribution < 1.29 is 0 Å². The van der Waals surface area contributed by atoms with Gasteiger partial charge in [0.2, 0.25) is 0 Å². The minimum Gasteiger partial charge on any atom is -0.370 e. The molecule has 0 atom stereocenters. The van der Waals surface area contributed by atoms with Crippen LogP contribution < -0.4 is 11.1 Å². The Morgan fingerprint density at radius 3 is 3.04 bits per heavy atom. The van der Waals surface area contributed by atoms with Gasteiger partial charge in [-0.15, -0.1) is 11.8 Å². The van der Waals surface area contributed by atoms with Crippen molar-refractivity contribution in [1.82, 2.24) is 4.98 Å². The summed E-state index contributed by atoms with van der Waals surface area (Å²) in [5.74, 6) is 0.464. The van der Waals surface area contributed by atoms with Gasteiger partial charge in [0.15, 0.2) is 5.96 Å². The quantitative estimate of drug-likeness (QED) is 0.512. The van der Waals surface area contributed by atoms with Crippen LogP contribution in [0, 0.1) is 0 Å². The highest BCUT2D eigenvalue weighted by Crippen LogP contribution is 2.27. The van der Waals surface area contributed by atoms with E-state index in [2.05, 4.69) is 33.5 Å². The Kier molecular flexibility index (Phi) is 5.18. The van der Waals surface area contributed by atoms with E-state index >= 15 is 0 Å². The second-order valence-corrected chi connectivity index (χ2v) is 6.51. The molecule has 5 heteroatoms. The second kappa shape index (κ2) is 7.51. The molecule has 0 spiro atoms. The van der Waals surface area contributed by atoms with Gasteiger partial charge < -0.3 is 11.1 Å². The lowest BCUT2D eigenvalue weighted by atomic mass is 9.90. The molecule has 1 heterocycles. The smallest absolute Gasteiger partial charge is 0.193 e. The number of pyridine rings is 1. The highest BCUT2D eigenvalue weighted by Gasteiger charge is 2.13. The molecule has 2 aromatic rings. The first-order valence-corrected chi connectivity index (χ1v) is 9.15. The molecule has 3 N–H and O–H groups in total. The molecule has 4 nitrogen and oxygen atoms in total. The Hall–Kier alpha value is -2.01. The molecule has 0 radical (unpaired) electrons. The summed E-state index contributed by atoms with van der Waals surface area (Å²) in [6, 6.07) is 10.4. The van der Waals surface area contributed by atoms with E-state index in [0.717, 1.165) is 29.1 Å². The molecule has 0 saturated carbocycles. The summed E-state index contributed by atoms with van der Waals surface area (Å²) in [5.41, 5.74) is 11.1. The number of aryl methyl sites for hydroxylation is 1. The van der Waals surface area contributed by atoms with E-state index in [1.54, 1.807) is 11.8 Å². The van der Waals surface area contributed by atoms with Gasteiger partial charge in [-0.3, -0.25) is 0 Å². The van der Waals surface area contributed by atoms with Gasteiger partial charge >= 0.3 is 0 Å². The first-order valence-electron chi connectivity index (χ1n) is 7.93. The highest BCUT2D eigenvalue weighted by atomic mass is 32.2. The number of aliphatic imine (C=N–C) groups is 1. The van der Waals surface area contributed by atoms with E-state index in [1.165, 1.54) is 24.0 Å². The zero-order valence-electron chi connectivity index (χ0n) is 13.4. The normalized spacial score (nSPS) is 14.4. The standard InChI is InChI=1S/C18H22N4S/c1-23-17-11-13(9-10-20-17)12-21-18(19)22-16-8-4-6-14-5-2-3-7-15(14)16/h4,6,8-11H,2-3,5,7,12H2,1H3,(H3,19,21,22). The molecule has 0 aliphatic heterocycles. The van der Waals surface area contributed by atoms with Crippen molar-refractivity contribution >= 4 is 23.4 Å². The van der Waals surface area contributed by atoms with E-state index in [-0.39, 0.29) is 0 Å². The Balaban J connectivity index is 1.70. The van der Waals surface area contributed by atoms with Gasteiger partial charge in [0, 0.05) is 11.9 Å². The van der Waals surface area contributed by atoms with Crippen LogP contribution in [0.15, 0.2) is 46.5 Å². The number of fused-ring (bicyclic) bond motifs is 1. The predicted octanol–water partition coefficient (Wildman–Crippen LogP) is 3.61. The zero-order chi connectivity index (χ0) is 16.1. The topological polar surface area (TPSA) is 63.3 Å². The van der Waals surface area contributed by atoms with Crippen molar-refractivity contribution in [3.05, 3.63) is 53.2 Å². The van der Waals surface area contributed by atoms with Crippen molar-refractivity contribution in [3.63, 3.8) is 0 Å². The molecule has 0 fully saturated rings. The maximum atomic E-state index is 6.08. The molecule has 1 aliphatic carbocycles. The fraction of sp³-hybridized carbons (Fsp3) is 0.333. The van der Waals surface area contributed by atoms with Crippen molar-refractivity contribution in [3.8, 4) is 0 Å². The summed E-state index contributed by atoms with van der Waals surface area (Å²) in [4.78, 5) is 8.73. The number of rotatable bonds is 4. The number of anilines is 1. The number of hydrogen-bond acceptors (Lipinski definition) is 3. The summed E-state index contributed by atoms with van der Waals surface area (Å²) in [5, 5.41) is 4.28. The number of benzene rings is 1. The number of guanidine groups is 1. The largest absolute Gasteiger partial charge is 0.370 e. The summed E-state index contributed by atoms with van der Waals surface area (Å²) in [6.45, 7) is 0.559. The number of thioether (sulfide) groups is 1. The van der Waals surface area contributed by atoms with Gasteiger partial charge in [-0.25, -0.2) is 9.98 Å². The molecule has 0 unspecified atom stereocenters. The zero-order valence-corrected chi connectivity index (χ0v) is 14.2. The maximum Gasteiger partial charge on any atom is 0.193 e. The first kappa shape index (κ1) is 15.9. The predicted molar refractivity (Wildman–Crippen MR) is 98.1 cm³/mol. The number of nitrogens with two attached hydrogens (primary N) is 1. The number of aromatic nitrogens is 1. The van der Waals surface area contributed by atoms with Crippen molar-refractivity contribution in [2.75, 3.05) is 11.6 Å². The molecule has 120 valence electrons. The van der Waals surface area contributed by atoms with Crippen molar-refractivity contribution in [2.24, 2.45) is 10.7 Å². The van der Waals surface area contributed by atoms with Crippen LogP contribution in [0.1, 0.15) is 29.5 Å². The van der Waals surface area contributed by atoms with Gasteiger partial charge in [0.25, 0.3) is 0 Å². The molecule has 0 amide bonds. The average Bonchev–Trinajstić information content (AvgIpc) is 2.60. The summed E-state index contributed by atoms with van der Waals surface area (Å²) >= 11 is 1.63. The molecule has 23 heavy (non-hydrogen) atoms. The summed E-state index contributed by atoms with van der Waals surface area (Å²) in [6.07, 6.45) is 8.64. The number of nitrogens with zero attached hydrogens (tertiary/aromatic N) is 2. The van der Waals surface area contributed by atoms with E-state index in [4.69, 9.17) is 5.73 Å². The molecular weight excluding hydrogens is 304 g/mol. The van der Waals surface area contributed by atoms with Crippen LogP contribution in [0.25, 0.3) is 0 Å². The lowest BCUT2D eigenvalue weighted by molar-refractivity contribution is 0.687. The first-order chi connectivity index (χ1) is 11.3. The van der Waals surface area contributed by atoms with Crippen LogP contribution >= 0.6 is 11.8 Å². The minimum absolute atomic E-state index is 0.464. The molecule has 0 bridgehead atoms. The molecule has 0 saturated heterocycles. The van der Waals surface area contributed by atoms with Gasteiger partial charge in [0.05, 0.1) is 11.6 Å². The van der Waals surface area contributed by atoms with Crippen molar-refractivity contribution in [1.29, 1.82) is 0 Å². The molecule has 1 aromatic carbocycles. The van der Waals surface area contributed by atoms with Crippen LogP contribution in [0.5, 0.6) is 0 Å². The van der Waals surface area contributed by atoms with E-state index in [9.17, 15) is 0 Å². The van der Waals surface area contributed by atoms with Crippen LogP contribution in [0.3, 0.4) is 0 Å². The third-order valence-corrected chi connectivity index (χ3v) is 4.74. The van der Waals surface area contributed by atoms with E-state index < -0.39 is 0 Å². The second-order valence-electron chi connectivity index (χ2n) is 5.68. The maximum absolute atomic E-state index is 6.08. The average molecular weight is 326 g/mol. The SMILES string of the molecule is CSc1cc(CN=C(N)Nc2cccc3c2CCCC3)ccn1. The van der Waals surface area contributed by atoms with Crippen LogP contribution in [0.2, 0.25) is 0 Å². The molecule has 3 rings (SSSR count). The Bertz CT molecular complexity index is 712. The summed E-state index contributed by atoms with van der Waals surface area (Å²) < 4.78 is 0. The Morgan fingerprint density at radius 2 is 2.17 bits per heavy atom. The van der Waals surface area contributed by atoms with Crippen molar-refractivity contribution in [2.45, 2.75) is 37.3 Å². The third-order valence-electron chi connectivity index (χ3n) is 4.10. The monoisotopic (exact) mass is 326 g/mol. The lowest BCUT2D eigenvalue weighted by Crippen LogP contribution is -2.24. The summed E-state index contributed by atoms with van der Waals surface area (Å²) in [7, 11) is 0. The van der Waals surface area contributed by atoms with Gasteiger partial charge in [-0.1, -0.05) is 12.1 Å². The number of hydrogen-bond donors (Lipinski definition) is 2. The van der Waals surface area contributed by atoms with Crippen LogP contribution in [-0.2, 0) is 19.4 Å². The van der Waals surface area contributed by atoms with Crippen LogP contribution in [0.4, 0.5) is 5.69 Å². The fourth-order valence-corrected chi connectivity index (χ4v) is 3.35. The number of nitrogens with one attached hydrogen (secondary N) is 1.